The van der Waals surface area contributed by atoms with Gasteiger partial charge in [-0.05, 0) is 25.8 Å². The van der Waals surface area contributed by atoms with Gasteiger partial charge in [-0.15, -0.1) is 0 Å². The summed E-state index contributed by atoms with van der Waals surface area (Å²) in [6.45, 7) is 2.47. The Hall–Kier alpha value is -0.930. The zero-order chi connectivity index (χ0) is 10.9. The van der Waals surface area contributed by atoms with Crippen LogP contribution in [-0.2, 0) is 4.74 Å². The molecule has 2 rings (SSSR count). The normalized spacial score (nSPS) is 27.9. The van der Waals surface area contributed by atoms with Crippen LogP contribution in [0.25, 0.3) is 0 Å². The van der Waals surface area contributed by atoms with Gasteiger partial charge < -0.3 is 9.84 Å². The van der Waals surface area contributed by atoms with Crippen LogP contribution in [0.1, 0.15) is 31.4 Å². The number of ether oxygens (including phenoxy) is 1. The fraction of sp³-hybridized carbons (Fsp3) is 0.500. The molecule has 0 bridgehead atoms. The van der Waals surface area contributed by atoms with E-state index < -0.39 is 11.7 Å². The first-order valence-electron chi connectivity index (χ1n) is 5.20. The van der Waals surface area contributed by atoms with E-state index in [1.165, 1.54) is 6.07 Å². The number of halogens is 1. The minimum Gasteiger partial charge on any atom is -0.385 e. The maximum Gasteiger partial charge on any atom is 0.129 e. The fourth-order valence-electron chi connectivity index (χ4n) is 2.04. The van der Waals surface area contributed by atoms with E-state index in [0.29, 0.717) is 12.2 Å². The summed E-state index contributed by atoms with van der Waals surface area (Å²) < 4.78 is 18.9. The topological polar surface area (TPSA) is 29.5 Å². The fourth-order valence-corrected chi connectivity index (χ4v) is 2.04. The van der Waals surface area contributed by atoms with Crippen LogP contribution < -0.4 is 0 Å². The van der Waals surface area contributed by atoms with Gasteiger partial charge in [-0.25, -0.2) is 4.39 Å². The number of rotatable bonds is 2. The first-order chi connectivity index (χ1) is 7.13. The van der Waals surface area contributed by atoms with Crippen molar-refractivity contribution in [3.05, 3.63) is 35.6 Å². The second-order valence-corrected chi connectivity index (χ2v) is 4.19. The molecule has 3 heteroatoms. The molecule has 1 aliphatic heterocycles. The summed E-state index contributed by atoms with van der Waals surface area (Å²) in [5.41, 5.74) is -0.316. The molecule has 1 aromatic rings. The lowest BCUT2D eigenvalue weighted by Gasteiger charge is -2.29. The maximum atomic E-state index is 13.4. The summed E-state index contributed by atoms with van der Waals surface area (Å²) in [6.07, 6.45) is 0.797. The van der Waals surface area contributed by atoms with Crippen LogP contribution in [0.5, 0.6) is 0 Å². The van der Waals surface area contributed by atoms with Gasteiger partial charge >= 0.3 is 0 Å². The molecular formula is C12H15FO2. The van der Waals surface area contributed by atoms with Crippen LogP contribution in [0.15, 0.2) is 24.3 Å². The molecule has 82 valence electrons. The van der Waals surface area contributed by atoms with Crippen molar-refractivity contribution >= 4 is 0 Å². The largest absolute Gasteiger partial charge is 0.385 e. The van der Waals surface area contributed by atoms with Gasteiger partial charge in [-0.2, -0.15) is 0 Å². The molecule has 0 aliphatic carbocycles. The van der Waals surface area contributed by atoms with Crippen LogP contribution >= 0.6 is 0 Å². The number of aliphatic hydroxyl groups excluding tert-OH is 1. The van der Waals surface area contributed by atoms with Crippen LogP contribution in [-0.4, -0.2) is 17.3 Å². The average molecular weight is 210 g/mol. The molecule has 2 unspecified atom stereocenters. The zero-order valence-electron chi connectivity index (χ0n) is 8.74. The Balaban J connectivity index is 2.27. The highest BCUT2D eigenvalue weighted by Crippen LogP contribution is 2.37. The number of hydrogen-bond acceptors (Lipinski definition) is 2. The number of aliphatic hydroxyl groups is 1. The SMILES string of the molecule is CC1(C(O)c2ccccc2F)CCCO1. The monoisotopic (exact) mass is 210 g/mol. The van der Waals surface area contributed by atoms with E-state index in [0.717, 1.165) is 12.8 Å². The molecule has 1 aromatic carbocycles. The molecule has 1 aliphatic rings. The summed E-state index contributed by atoms with van der Waals surface area (Å²) in [5.74, 6) is -0.373. The predicted molar refractivity (Wildman–Crippen MR) is 55.0 cm³/mol. The van der Waals surface area contributed by atoms with Gasteiger partial charge in [-0.1, -0.05) is 18.2 Å². The third-order valence-corrected chi connectivity index (χ3v) is 3.03. The summed E-state index contributed by atoms with van der Waals surface area (Å²) in [6, 6.07) is 6.30. The van der Waals surface area contributed by atoms with E-state index in [9.17, 15) is 9.50 Å². The summed E-state index contributed by atoms with van der Waals surface area (Å²) in [7, 11) is 0. The molecule has 1 N–H and O–H groups in total. The summed E-state index contributed by atoms with van der Waals surface area (Å²) in [4.78, 5) is 0. The van der Waals surface area contributed by atoms with Gasteiger partial charge in [0.25, 0.3) is 0 Å². The van der Waals surface area contributed by atoms with Gasteiger partial charge in [0.15, 0.2) is 0 Å². The van der Waals surface area contributed by atoms with Gasteiger partial charge in [-0.3, -0.25) is 0 Å². The lowest BCUT2D eigenvalue weighted by molar-refractivity contribution is -0.0808. The first kappa shape index (κ1) is 10.6. The molecule has 0 amide bonds. The van der Waals surface area contributed by atoms with Crippen molar-refractivity contribution in [3.8, 4) is 0 Å². The Labute approximate surface area is 88.7 Å². The lowest BCUT2D eigenvalue weighted by Crippen LogP contribution is -2.32. The molecule has 1 saturated heterocycles. The Kier molecular flexibility index (Phi) is 2.76. The quantitative estimate of drug-likeness (QED) is 0.812. The second-order valence-electron chi connectivity index (χ2n) is 4.19. The van der Waals surface area contributed by atoms with Crippen LogP contribution in [0.2, 0.25) is 0 Å². The van der Waals surface area contributed by atoms with Crippen molar-refractivity contribution in [2.75, 3.05) is 6.61 Å². The Morgan fingerprint density at radius 2 is 2.20 bits per heavy atom. The van der Waals surface area contributed by atoms with E-state index in [4.69, 9.17) is 4.74 Å². The molecule has 2 nitrogen and oxygen atoms in total. The van der Waals surface area contributed by atoms with Crippen LogP contribution in [0.4, 0.5) is 4.39 Å². The first-order valence-corrected chi connectivity index (χ1v) is 5.20. The van der Waals surface area contributed by atoms with Crippen molar-refractivity contribution in [3.63, 3.8) is 0 Å². The van der Waals surface area contributed by atoms with Gasteiger partial charge in [0.1, 0.15) is 11.9 Å². The molecule has 15 heavy (non-hydrogen) atoms. The smallest absolute Gasteiger partial charge is 0.129 e. The van der Waals surface area contributed by atoms with Crippen molar-refractivity contribution in [2.24, 2.45) is 0 Å². The maximum absolute atomic E-state index is 13.4. The highest BCUT2D eigenvalue weighted by atomic mass is 19.1. The summed E-state index contributed by atoms with van der Waals surface area (Å²) >= 11 is 0. The average Bonchev–Trinajstić information content (AvgIpc) is 2.66. The van der Waals surface area contributed by atoms with Crippen molar-refractivity contribution in [2.45, 2.75) is 31.5 Å². The van der Waals surface area contributed by atoms with E-state index in [2.05, 4.69) is 0 Å². The molecular weight excluding hydrogens is 195 g/mol. The molecule has 1 fully saturated rings. The Bertz CT molecular complexity index is 345. The third kappa shape index (κ3) is 1.90. The zero-order valence-corrected chi connectivity index (χ0v) is 8.74. The van der Waals surface area contributed by atoms with Gasteiger partial charge in [0.2, 0.25) is 0 Å². The van der Waals surface area contributed by atoms with Crippen molar-refractivity contribution < 1.29 is 14.2 Å². The molecule has 0 aromatic heterocycles. The minimum absolute atomic E-state index is 0.321. The Morgan fingerprint density at radius 3 is 2.80 bits per heavy atom. The van der Waals surface area contributed by atoms with Crippen molar-refractivity contribution in [1.29, 1.82) is 0 Å². The predicted octanol–water partition coefficient (Wildman–Crippen LogP) is 2.43. The standard InChI is InChI=1S/C12H15FO2/c1-12(7-4-8-15-12)11(14)9-5-2-3-6-10(9)13/h2-3,5-6,11,14H,4,7-8H2,1H3. The molecule has 0 spiro atoms. The summed E-state index contributed by atoms with van der Waals surface area (Å²) in [5, 5.41) is 10.1. The van der Waals surface area contributed by atoms with Crippen LogP contribution in [0.3, 0.4) is 0 Å². The minimum atomic E-state index is -0.888. The molecule has 0 saturated carbocycles. The van der Waals surface area contributed by atoms with Crippen molar-refractivity contribution in [1.82, 2.24) is 0 Å². The molecule has 0 radical (unpaired) electrons. The van der Waals surface area contributed by atoms with Gasteiger partial charge in [0.05, 0.1) is 5.60 Å². The lowest BCUT2D eigenvalue weighted by atomic mass is 9.90. The highest BCUT2D eigenvalue weighted by Gasteiger charge is 2.39. The van der Waals surface area contributed by atoms with E-state index in [1.54, 1.807) is 18.2 Å². The molecule has 2 atom stereocenters. The third-order valence-electron chi connectivity index (χ3n) is 3.03. The number of benzene rings is 1. The molecule has 1 heterocycles. The van der Waals surface area contributed by atoms with Gasteiger partial charge in [0, 0.05) is 12.2 Å². The highest BCUT2D eigenvalue weighted by molar-refractivity contribution is 5.22. The van der Waals surface area contributed by atoms with E-state index in [1.807, 2.05) is 6.92 Å². The number of hydrogen-bond donors (Lipinski definition) is 1. The Morgan fingerprint density at radius 1 is 1.47 bits per heavy atom. The van der Waals surface area contributed by atoms with Crippen LogP contribution in [0, 0.1) is 5.82 Å². The second kappa shape index (κ2) is 3.91. The van der Waals surface area contributed by atoms with E-state index in [-0.39, 0.29) is 5.82 Å². The van der Waals surface area contributed by atoms with E-state index >= 15 is 0 Å².